The number of methoxy groups -OCH3 is 1. The van der Waals surface area contributed by atoms with E-state index < -0.39 is 5.41 Å². The molecule has 17 heavy (non-hydrogen) atoms. The van der Waals surface area contributed by atoms with Gasteiger partial charge in [-0.05, 0) is 44.1 Å². The Bertz CT molecular complexity index is 447. The van der Waals surface area contributed by atoms with Crippen LogP contribution in [0.4, 0.5) is 4.39 Å². The van der Waals surface area contributed by atoms with E-state index in [1.165, 1.54) is 12.1 Å². The molecule has 0 aliphatic carbocycles. The highest BCUT2D eigenvalue weighted by molar-refractivity contribution is 5.44. The molecule has 0 spiro atoms. The quantitative estimate of drug-likeness (QED) is 0.851. The Morgan fingerprint density at radius 2 is 2.12 bits per heavy atom. The van der Waals surface area contributed by atoms with Crippen LogP contribution in [0.3, 0.4) is 0 Å². The summed E-state index contributed by atoms with van der Waals surface area (Å²) < 4.78 is 18.6. The lowest BCUT2D eigenvalue weighted by Gasteiger charge is -2.32. The monoisotopic (exact) mass is 234 g/mol. The van der Waals surface area contributed by atoms with Crippen molar-refractivity contribution >= 4 is 0 Å². The van der Waals surface area contributed by atoms with Crippen LogP contribution in [-0.4, -0.2) is 20.2 Å². The molecule has 4 heteroatoms. The summed E-state index contributed by atoms with van der Waals surface area (Å²) in [6.45, 7) is 1.54. The van der Waals surface area contributed by atoms with Crippen LogP contribution < -0.4 is 10.1 Å². The predicted molar refractivity (Wildman–Crippen MR) is 62.3 cm³/mol. The fraction of sp³-hybridized carbons (Fsp3) is 0.462. The molecule has 2 rings (SSSR count). The molecule has 1 aliphatic heterocycles. The van der Waals surface area contributed by atoms with Gasteiger partial charge in [-0.3, -0.25) is 0 Å². The minimum absolute atomic E-state index is 0.325. The third-order valence-corrected chi connectivity index (χ3v) is 3.35. The van der Waals surface area contributed by atoms with Gasteiger partial charge in [0.25, 0.3) is 0 Å². The van der Waals surface area contributed by atoms with Gasteiger partial charge in [0.2, 0.25) is 0 Å². The second-order valence-electron chi connectivity index (χ2n) is 4.29. The number of nitrogens with one attached hydrogen (secondary N) is 1. The van der Waals surface area contributed by atoms with Gasteiger partial charge >= 0.3 is 0 Å². The lowest BCUT2D eigenvalue weighted by molar-refractivity contribution is 0.351. The number of rotatable bonds is 2. The van der Waals surface area contributed by atoms with Crippen molar-refractivity contribution in [2.24, 2.45) is 0 Å². The summed E-state index contributed by atoms with van der Waals surface area (Å²) in [6.07, 6.45) is 1.37. The van der Waals surface area contributed by atoms with E-state index in [0.29, 0.717) is 24.2 Å². The van der Waals surface area contributed by atoms with Crippen molar-refractivity contribution in [3.8, 4) is 11.8 Å². The summed E-state index contributed by atoms with van der Waals surface area (Å²) in [4.78, 5) is 0. The first-order valence-electron chi connectivity index (χ1n) is 5.68. The Morgan fingerprint density at radius 1 is 1.41 bits per heavy atom. The lowest BCUT2D eigenvalue weighted by atomic mass is 9.74. The van der Waals surface area contributed by atoms with Gasteiger partial charge in [0.1, 0.15) is 11.6 Å². The van der Waals surface area contributed by atoms with Crippen LogP contribution in [0.25, 0.3) is 0 Å². The van der Waals surface area contributed by atoms with Crippen LogP contribution in [-0.2, 0) is 5.41 Å². The largest absolute Gasteiger partial charge is 0.496 e. The van der Waals surface area contributed by atoms with E-state index >= 15 is 0 Å². The SMILES string of the molecule is COc1ccc(F)cc1C1(C#N)CCNCC1. The van der Waals surface area contributed by atoms with E-state index in [1.807, 2.05) is 0 Å². The Hall–Kier alpha value is -1.60. The summed E-state index contributed by atoms with van der Waals surface area (Å²) in [5.74, 6) is 0.267. The summed E-state index contributed by atoms with van der Waals surface area (Å²) >= 11 is 0. The van der Waals surface area contributed by atoms with E-state index in [-0.39, 0.29) is 5.82 Å². The number of benzene rings is 1. The van der Waals surface area contributed by atoms with Crippen molar-refractivity contribution in [1.82, 2.24) is 5.32 Å². The zero-order valence-electron chi connectivity index (χ0n) is 9.79. The van der Waals surface area contributed by atoms with Crippen LogP contribution >= 0.6 is 0 Å². The first-order valence-corrected chi connectivity index (χ1v) is 5.68. The molecule has 0 atom stereocenters. The topological polar surface area (TPSA) is 45.0 Å². The number of nitrogens with zero attached hydrogens (tertiary/aromatic N) is 1. The maximum Gasteiger partial charge on any atom is 0.123 e. The summed E-state index contributed by atoms with van der Waals surface area (Å²) in [7, 11) is 1.54. The highest BCUT2D eigenvalue weighted by Crippen LogP contribution is 2.38. The van der Waals surface area contributed by atoms with Gasteiger partial charge in [-0.25, -0.2) is 4.39 Å². The van der Waals surface area contributed by atoms with Gasteiger partial charge in [-0.2, -0.15) is 5.26 Å². The minimum atomic E-state index is -0.626. The normalized spacial score (nSPS) is 18.4. The van der Waals surface area contributed by atoms with Crippen LogP contribution in [0.15, 0.2) is 18.2 Å². The smallest absolute Gasteiger partial charge is 0.123 e. The van der Waals surface area contributed by atoms with E-state index in [0.717, 1.165) is 13.1 Å². The maximum atomic E-state index is 13.4. The second-order valence-corrected chi connectivity index (χ2v) is 4.29. The van der Waals surface area contributed by atoms with Gasteiger partial charge in [0.05, 0.1) is 18.6 Å². The van der Waals surface area contributed by atoms with Gasteiger partial charge in [-0.1, -0.05) is 0 Å². The summed E-state index contributed by atoms with van der Waals surface area (Å²) in [5, 5.41) is 12.7. The minimum Gasteiger partial charge on any atom is -0.496 e. The summed E-state index contributed by atoms with van der Waals surface area (Å²) in [6, 6.07) is 6.72. The van der Waals surface area contributed by atoms with Crippen molar-refractivity contribution in [1.29, 1.82) is 5.26 Å². The molecule has 0 bridgehead atoms. The molecule has 1 aromatic carbocycles. The number of hydrogen-bond acceptors (Lipinski definition) is 3. The molecular formula is C13H15FN2O. The average molecular weight is 234 g/mol. The average Bonchev–Trinajstić information content (AvgIpc) is 2.39. The zero-order valence-corrected chi connectivity index (χ0v) is 9.79. The van der Waals surface area contributed by atoms with E-state index in [1.54, 1.807) is 13.2 Å². The standard InChI is InChI=1S/C13H15FN2O/c1-17-12-3-2-10(14)8-11(12)13(9-15)4-6-16-7-5-13/h2-3,8,16H,4-7H2,1H3. The molecule has 1 heterocycles. The van der Waals surface area contributed by atoms with E-state index in [2.05, 4.69) is 11.4 Å². The fourth-order valence-corrected chi connectivity index (χ4v) is 2.35. The molecule has 0 radical (unpaired) electrons. The molecule has 0 amide bonds. The van der Waals surface area contributed by atoms with Gasteiger partial charge < -0.3 is 10.1 Å². The Morgan fingerprint density at radius 3 is 2.71 bits per heavy atom. The molecular weight excluding hydrogens is 219 g/mol. The van der Waals surface area contributed by atoms with Crippen molar-refractivity contribution < 1.29 is 9.13 Å². The van der Waals surface area contributed by atoms with Crippen LogP contribution in [0.1, 0.15) is 18.4 Å². The number of hydrogen-bond donors (Lipinski definition) is 1. The molecule has 90 valence electrons. The van der Waals surface area contributed by atoms with Gasteiger partial charge in [0, 0.05) is 5.56 Å². The van der Waals surface area contributed by atoms with Crippen LogP contribution in [0, 0.1) is 17.1 Å². The molecule has 1 aromatic rings. The van der Waals surface area contributed by atoms with E-state index in [9.17, 15) is 9.65 Å². The Labute approximate surface area is 100 Å². The number of nitriles is 1. The van der Waals surface area contributed by atoms with Crippen LogP contribution in [0.5, 0.6) is 5.75 Å². The van der Waals surface area contributed by atoms with Crippen LogP contribution in [0.2, 0.25) is 0 Å². The Kier molecular flexibility index (Phi) is 3.30. The lowest BCUT2D eigenvalue weighted by Crippen LogP contribution is -2.39. The first-order chi connectivity index (χ1) is 8.22. The maximum absolute atomic E-state index is 13.4. The molecule has 1 aliphatic rings. The number of piperidine rings is 1. The predicted octanol–water partition coefficient (Wildman–Crippen LogP) is 1.98. The van der Waals surface area contributed by atoms with E-state index in [4.69, 9.17) is 4.74 Å². The zero-order chi connectivity index (χ0) is 12.3. The Balaban J connectivity index is 2.49. The van der Waals surface area contributed by atoms with Crippen molar-refractivity contribution in [2.45, 2.75) is 18.3 Å². The molecule has 1 saturated heterocycles. The molecule has 0 unspecified atom stereocenters. The van der Waals surface area contributed by atoms with Crippen molar-refractivity contribution in [2.75, 3.05) is 20.2 Å². The second kappa shape index (κ2) is 4.72. The van der Waals surface area contributed by atoms with Gasteiger partial charge in [0.15, 0.2) is 0 Å². The number of ether oxygens (including phenoxy) is 1. The first kappa shape index (κ1) is 11.9. The third kappa shape index (κ3) is 2.11. The van der Waals surface area contributed by atoms with Crippen molar-refractivity contribution in [3.63, 3.8) is 0 Å². The summed E-state index contributed by atoms with van der Waals surface area (Å²) in [5.41, 5.74) is 0.0441. The molecule has 1 N–H and O–H groups in total. The van der Waals surface area contributed by atoms with Crippen molar-refractivity contribution in [3.05, 3.63) is 29.6 Å². The third-order valence-electron chi connectivity index (χ3n) is 3.35. The highest BCUT2D eigenvalue weighted by atomic mass is 19.1. The molecule has 0 aromatic heterocycles. The molecule has 0 saturated carbocycles. The van der Waals surface area contributed by atoms with Gasteiger partial charge in [-0.15, -0.1) is 0 Å². The fourth-order valence-electron chi connectivity index (χ4n) is 2.35. The highest BCUT2D eigenvalue weighted by Gasteiger charge is 2.36. The molecule has 1 fully saturated rings. The molecule has 3 nitrogen and oxygen atoms in total. The number of halogens is 1.